The summed E-state index contributed by atoms with van der Waals surface area (Å²) in [6, 6.07) is 0. The van der Waals surface area contributed by atoms with Crippen LogP contribution in [0.2, 0.25) is 0 Å². The Morgan fingerprint density at radius 2 is 0.680 bits per heavy atom. The number of carboxylic acid groups (broad SMARTS) is 4. The Labute approximate surface area is 232 Å². The van der Waals surface area contributed by atoms with Gasteiger partial charge in [-0.05, 0) is 0 Å². The number of carboxylic acids is 4. The van der Waals surface area contributed by atoms with Gasteiger partial charge in [-0.3, -0.25) is 9.80 Å². The van der Waals surface area contributed by atoms with E-state index in [2.05, 4.69) is 0 Å². The summed E-state index contributed by atoms with van der Waals surface area (Å²) in [6.07, 6.45) is 0. The molecule has 0 bridgehead atoms. The topological polar surface area (TPSA) is 230 Å². The first-order valence-electron chi connectivity index (χ1n) is 4.94. The number of hydrogen-bond acceptors (Lipinski definition) is 10. The van der Waals surface area contributed by atoms with Gasteiger partial charge in [0.25, 0.3) is 0 Å². The summed E-state index contributed by atoms with van der Waals surface area (Å²) in [6.45, 7) is -3.87. The van der Waals surface area contributed by atoms with E-state index in [-0.39, 0.29) is 129 Å². The van der Waals surface area contributed by atoms with Crippen LogP contribution in [-0.4, -0.2) is 77.5 Å². The second-order valence-corrected chi connectivity index (χ2v) is 3.60. The van der Waals surface area contributed by atoms with Gasteiger partial charge in [-0.15, -0.1) is 0 Å². The molecular weight excluding hydrogens is 388 g/mol. The summed E-state index contributed by atoms with van der Waals surface area (Å²) < 4.78 is 0. The fourth-order valence-corrected chi connectivity index (χ4v) is 1.32. The van der Waals surface area contributed by atoms with E-state index >= 15 is 0 Å². The molecule has 0 aliphatic carbocycles. The molecule has 0 aromatic rings. The van der Waals surface area contributed by atoms with E-state index < -0.39 is 56.7 Å². The summed E-state index contributed by atoms with van der Waals surface area (Å²) in [5.74, 6) is -6.43. The molecule has 0 aromatic heterocycles. The Kier molecular flexibility index (Phi) is 46.8. The molecule has 25 heavy (non-hydrogen) atoms. The van der Waals surface area contributed by atoms with Crippen molar-refractivity contribution in [1.82, 2.24) is 9.80 Å². The molecule has 0 rings (SSSR count). The maximum Gasteiger partial charge on any atom is 1.00 e. The summed E-state index contributed by atoms with van der Waals surface area (Å²) in [5.41, 5.74) is 0. The van der Waals surface area contributed by atoms with E-state index in [1.807, 2.05) is 0 Å². The van der Waals surface area contributed by atoms with Gasteiger partial charge in [-0.1, -0.05) is 0 Å². The van der Waals surface area contributed by atoms with Crippen LogP contribution in [0.15, 0.2) is 0 Å². The van der Waals surface area contributed by atoms with Crippen molar-refractivity contribution in [3.63, 3.8) is 0 Å². The van der Waals surface area contributed by atoms with Crippen LogP contribution in [0.25, 0.3) is 0 Å². The summed E-state index contributed by atoms with van der Waals surface area (Å²) in [7, 11) is 0. The molecule has 0 heterocycles. The molecule has 0 spiro atoms. The fraction of sp³-hybridized carbons (Fsp3) is 0.556. The first kappa shape index (κ1) is 45.5. The van der Waals surface area contributed by atoms with Gasteiger partial charge >= 0.3 is 118 Å². The molecular formula is C9H14N2Na4O10. The van der Waals surface area contributed by atoms with Crippen LogP contribution in [0.3, 0.4) is 0 Å². The first-order valence-corrected chi connectivity index (χ1v) is 4.94. The SMILES string of the molecule is O.O.O=C([O-])CN(CC(=O)[O-])CN(CC(=O)[O-])CC(=O)[O-].[Na+].[Na+].[Na+].[Na+]. The standard InChI is InChI=1S/C9H14N2O8.4Na.2H2O/c12-6(13)1-10(2-7(14)15)5-11(3-8(16)17)4-9(18)19;;;;;;/h1-5H2,(H,12,13)(H,14,15)(H,16,17)(H,18,19);;;;;2*1H2/q;4*+1;;/p-4. The van der Waals surface area contributed by atoms with Gasteiger partial charge in [0.05, 0.1) is 30.5 Å². The zero-order valence-corrected chi connectivity index (χ0v) is 22.7. The summed E-state index contributed by atoms with van der Waals surface area (Å²) in [5, 5.41) is 41.5. The molecule has 0 radical (unpaired) electrons. The number of carbonyl (C=O) groups is 4. The van der Waals surface area contributed by atoms with Gasteiger partial charge in [0.15, 0.2) is 0 Å². The minimum Gasteiger partial charge on any atom is -0.549 e. The minimum atomic E-state index is -1.61. The monoisotopic (exact) mass is 402 g/mol. The van der Waals surface area contributed by atoms with Crippen molar-refractivity contribution in [3.8, 4) is 0 Å². The van der Waals surface area contributed by atoms with Crippen molar-refractivity contribution < 1.29 is 169 Å². The van der Waals surface area contributed by atoms with Crippen molar-refractivity contribution in [3.05, 3.63) is 0 Å². The van der Waals surface area contributed by atoms with E-state index in [9.17, 15) is 39.6 Å². The predicted octanol–water partition coefficient (Wildman–Crippen LogP) is -21.1. The average Bonchev–Trinajstić information content (AvgIpc) is 2.11. The van der Waals surface area contributed by atoms with Crippen LogP contribution in [0.5, 0.6) is 0 Å². The maximum absolute atomic E-state index is 10.4. The molecule has 12 nitrogen and oxygen atoms in total. The Morgan fingerprint density at radius 3 is 0.800 bits per heavy atom. The van der Waals surface area contributed by atoms with E-state index in [1.165, 1.54) is 0 Å². The summed E-state index contributed by atoms with van der Waals surface area (Å²) >= 11 is 0. The summed E-state index contributed by atoms with van der Waals surface area (Å²) in [4.78, 5) is 43.0. The zero-order valence-electron chi connectivity index (χ0n) is 14.7. The van der Waals surface area contributed by atoms with Gasteiger partial charge in [0, 0.05) is 26.2 Å². The number of hydrogen-bond donors (Lipinski definition) is 0. The van der Waals surface area contributed by atoms with E-state index in [0.29, 0.717) is 0 Å². The van der Waals surface area contributed by atoms with Crippen LogP contribution in [0.1, 0.15) is 0 Å². The van der Waals surface area contributed by atoms with Crippen LogP contribution >= 0.6 is 0 Å². The molecule has 0 unspecified atom stereocenters. The van der Waals surface area contributed by atoms with E-state index in [1.54, 1.807) is 0 Å². The van der Waals surface area contributed by atoms with Crippen molar-refractivity contribution >= 4 is 23.9 Å². The number of rotatable bonds is 10. The molecule has 0 fully saturated rings. The van der Waals surface area contributed by atoms with Crippen LogP contribution < -0.4 is 139 Å². The molecule has 0 aromatic carbocycles. The van der Waals surface area contributed by atoms with E-state index in [4.69, 9.17) is 0 Å². The quantitative estimate of drug-likeness (QED) is 0.247. The normalized spacial score (nSPS) is 8.08. The smallest absolute Gasteiger partial charge is 0.549 e. The maximum atomic E-state index is 10.4. The Balaban J connectivity index is -0.000000108. The van der Waals surface area contributed by atoms with Gasteiger partial charge in [-0.2, -0.15) is 0 Å². The van der Waals surface area contributed by atoms with Gasteiger partial charge < -0.3 is 50.6 Å². The molecule has 0 aliphatic heterocycles. The first-order chi connectivity index (χ1) is 8.70. The van der Waals surface area contributed by atoms with Crippen molar-refractivity contribution in [2.45, 2.75) is 0 Å². The van der Waals surface area contributed by atoms with Crippen LogP contribution in [-0.2, 0) is 19.2 Å². The van der Waals surface area contributed by atoms with Crippen molar-refractivity contribution in [2.24, 2.45) is 0 Å². The molecule has 0 saturated carbocycles. The second kappa shape index (κ2) is 25.7. The Bertz CT molecular complexity index is 321. The van der Waals surface area contributed by atoms with Gasteiger partial charge in [-0.25, -0.2) is 0 Å². The molecule has 124 valence electrons. The van der Waals surface area contributed by atoms with Crippen molar-refractivity contribution in [2.75, 3.05) is 32.8 Å². The minimum absolute atomic E-state index is 0. The molecule has 0 saturated heterocycles. The fourth-order valence-electron chi connectivity index (χ4n) is 1.32. The second-order valence-electron chi connectivity index (χ2n) is 3.60. The molecule has 0 atom stereocenters. The van der Waals surface area contributed by atoms with Crippen molar-refractivity contribution in [1.29, 1.82) is 0 Å². The van der Waals surface area contributed by atoms with Crippen LogP contribution in [0, 0.1) is 0 Å². The third-order valence-electron chi connectivity index (χ3n) is 1.81. The zero-order chi connectivity index (χ0) is 15.0. The molecule has 0 aliphatic rings. The van der Waals surface area contributed by atoms with Crippen LogP contribution in [0.4, 0.5) is 0 Å². The van der Waals surface area contributed by atoms with Gasteiger partial charge in [0.1, 0.15) is 0 Å². The molecule has 4 N–H and O–H groups in total. The van der Waals surface area contributed by atoms with E-state index in [0.717, 1.165) is 9.80 Å². The predicted molar refractivity (Wildman–Crippen MR) is 55.3 cm³/mol. The number of nitrogens with zero attached hydrogens (tertiary/aromatic N) is 2. The largest absolute Gasteiger partial charge is 1.00 e. The third-order valence-corrected chi connectivity index (χ3v) is 1.81. The average molecular weight is 402 g/mol. The Hall–Kier alpha value is 1.72. The third kappa shape index (κ3) is 30.7. The Morgan fingerprint density at radius 1 is 0.520 bits per heavy atom. The number of carbonyl (C=O) groups excluding carboxylic acids is 4. The molecule has 16 heteroatoms. The molecule has 0 amide bonds. The van der Waals surface area contributed by atoms with Gasteiger partial charge in [0.2, 0.25) is 0 Å². The number of aliphatic carboxylic acids is 4.